The van der Waals surface area contributed by atoms with E-state index in [9.17, 15) is 19.2 Å². The molecule has 0 radical (unpaired) electrons. The molecule has 0 rings (SSSR count). The number of aliphatic carboxylic acids is 1. The average molecular weight is 446 g/mol. The van der Waals surface area contributed by atoms with Gasteiger partial charge in [-0.3, -0.25) is 19.4 Å². The Kier molecular flexibility index (Phi) is 12.8. The standard InChI is InChI=1S/C18H35N7O6/c1-4-9(2)13(16(29)24-12(8-26)17(30)31)25-15(28)11(23-14(27)10(3)19)6-5-7-22-18(20)21/h9-13,26H,4-8,19H2,1-3H3,(H,23,27)(H,24,29)(H,25,28)(H,30,31)(H4,20,21,22). The molecule has 178 valence electrons. The van der Waals surface area contributed by atoms with Gasteiger partial charge in [-0.1, -0.05) is 20.3 Å². The van der Waals surface area contributed by atoms with Crippen LogP contribution in [0.25, 0.3) is 0 Å². The maximum atomic E-state index is 12.9. The predicted octanol–water partition coefficient (Wildman–Crippen LogP) is -3.04. The van der Waals surface area contributed by atoms with Crippen LogP contribution in [0.3, 0.4) is 0 Å². The molecule has 0 aromatic heterocycles. The third-order valence-electron chi connectivity index (χ3n) is 4.58. The summed E-state index contributed by atoms with van der Waals surface area (Å²) in [6.45, 7) is 4.38. The van der Waals surface area contributed by atoms with E-state index >= 15 is 0 Å². The van der Waals surface area contributed by atoms with Crippen molar-refractivity contribution in [3.05, 3.63) is 0 Å². The summed E-state index contributed by atoms with van der Waals surface area (Å²) in [6, 6.07) is -4.47. The van der Waals surface area contributed by atoms with E-state index < -0.39 is 54.5 Å². The number of carboxylic acids is 1. The first kappa shape index (κ1) is 28.1. The number of carboxylic acid groups (broad SMARTS) is 1. The maximum absolute atomic E-state index is 12.9. The number of aliphatic hydroxyl groups excluding tert-OH is 1. The number of hydrogen-bond acceptors (Lipinski definition) is 7. The highest BCUT2D eigenvalue weighted by Crippen LogP contribution is 2.10. The van der Waals surface area contributed by atoms with Crippen LogP contribution in [0.1, 0.15) is 40.0 Å². The van der Waals surface area contributed by atoms with E-state index in [1.807, 2.05) is 0 Å². The average Bonchev–Trinajstić information content (AvgIpc) is 2.70. The molecular formula is C18H35N7O6. The van der Waals surface area contributed by atoms with E-state index in [1.165, 1.54) is 6.92 Å². The summed E-state index contributed by atoms with van der Waals surface area (Å²) in [5.41, 5.74) is 16.1. The molecule has 0 aromatic carbocycles. The number of amides is 3. The summed E-state index contributed by atoms with van der Waals surface area (Å²) in [4.78, 5) is 52.4. The molecule has 0 aliphatic heterocycles. The van der Waals surface area contributed by atoms with Gasteiger partial charge in [0, 0.05) is 6.54 Å². The number of nitrogens with zero attached hydrogens (tertiary/aromatic N) is 1. The second-order valence-corrected chi connectivity index (χ2v) is 7.25. The summed E-state index contributed by atoms with van der Waals surface area (Å²) in [5, 5.41) is 25.4. The Balaban J connectivity index is 5.43. The molecule has 0 aliphatic rings. The number of guanidine groups is 1. The minimum Gasteiger partial charge on any atom is -0.480 e. The van der Waals surface area contributed by atoms with Gasteiger partial charge in [-0.25, -0.2) is 4.79 Å². The molecule has 0 fully saturated rings. The fourth-order valence-corrected chi connectivity index (χ4v) is 2.48. The number of aliphatic imine (C=N–C) groups is 1. The van der Waals surface area contributed by atoms with E-state index in [1.54, 1.807) is 13.8 Å². The Labute approximate surface area is 181 Å². The van der Waals surface area contributed by atoms with Gasteiger partial charge in [0.25, 0.3) is 0 Å². The Morgan fingerprint density at radius 2 is 1.55 bits per heavy atom. The van der Waals surface area contributed by atoms with Gasteiger partial charge in [-0.15, -0.1) is 0 Å². The molecule has 13 heteroatoms. The molecule has 31 heavy (non-hydrogen) atoms. The number of carbonyl (C=O) groups excluding carboxylic acids is 3. The lowest BCUT2D eigenvalue weighted by molar-refractivity contribution is -0.143. The second kappa shape index (κ2) is 14.1. The molecule has 0 spiro atoms. The number of nitrogens with one attached hydrogen (secondary N) is 3. The van der Waals surface area contributed by atoms with Crippen LogP contribution in [0.5, 0.6) is 0 Å². The number of aliphatic hydroxyl groups is 1. The third kappa shape index (κ3) is 10.6. The Hall–Kier alpha value is -2.93. The van der Waals surface area contributed by atoms with Crippen molar-refractivity contribution < 1.29 is 29.4 Å². The summed E-state index contributed by atoms with van der Waals surface area (Å²) >= 11 is 0. The third-order valence-corrected chi connectivity index (χ3v) is 4.58. The van der Waals surface area contributed by atoms with E-state index in [-0.39, 0.29) is 24.8 Å². The van der Waals surface area contributed by atoms with E-state index in [2.05, 4.69) is 20.9 Å². The molecule has 5 unspecified atom stereocenters. The Morgan fingerprint density at radius 1 is 0.968 bits per heavy atom. The molecule has 0 saturated carbocycles. The van der Waals surface area contributed by atoms with Gasteiger partial charge in [0.1, 0.15) is 18.1 Å². The minimum absolute atomic E-state index is 0.106. The van der Waals surface area contributed by atoms with Crippen molar-refractivity contribution in [3.8, 4) is 0 Å². The highest BCUT2D eigenvalue weighted by atomic mass is 16.4. The predicted molar refractivity (Wildman–Crippen MR) is 114 cm³/mol. The van der Waals surface area contributed by atoms with Crippen LogP contribution >= 0.6 is 0 Å². The van der Waals surface area contributed by atoms with Crippen LogP contribution in [0.15, 0.2) is 4.99 Å². The molecule has 11 N–H and O–H groups in total. The first-order valence-corrected chi connectivity index (χ1v) is 10.00. The fourth-order valence-electron chi connectivity index (χ4n) is 2.48. The van der Waals surface area contributed by atoms with Crippen molar-refractivity contribution in [1.82, 2.24) is 16.0 Å². The minimum atomic E-state index is -1.51. The van der Waals surface area contributed by atoms with Crippen LogP contribution in [0.2, 0.25) is 0 Å². The molecular weight excluding hydrogens is 410 g/mol. The van der Waals surface area contributed by atoms with Crippen LogP contribution in [0, 0.1) is 5.92 Å². The lowest BCUT2D eigenvalue weighted by atomic mass is 9.97. The van der Waals surface area contributed by atoms with Gasteiger partial charge >= 0.3 is 5.97 Å². The number of carbonyl (C=O) groups is 4. The number of hydrogen-bond donors (Lipinski definition) is 8. The summed E-state index contributed by atoms with van der Waals surface area (Å²) in [5.74, 6) is -3.84. The quantitative estimate of drug-likeness (QED) is 0.0769. The molecule has 13 nitrogen and oxygen atoms in total. The van der Waals surface area contributed by atoms with Crippen LogP contribution in [-0.2, 0) is 19.2 Å². The lowest BCUT2D eigenvalue weighted by Gasteiger charge is -2.27. The summed E-state index contributed by atoms with van der Waals surface area (Å²) in [6.07, 6.45) is 1.03. The first-order chi connectivity index (χ1) is 14.4. The zero-order valence-corrected chi connectivity index (χ0v) is 18.1. The van der Waals surface area contributed by atoms with Crippen molar-refractivity contribution in [2.24, 2.45) is 28.1 Å². The Bertz CT molecular complexity index is 651. The van der Waals surface area contributed by atoms with Crippen LogP contribution in [0.4, 0.5) is 0 Å². The monoisotopic (exact) mass is 445 g/mol. The molecule has 5 atom stereocenters. The van der Waals surface area contributed by atoms with Crippen molar-refractivity contribution in [2.75, 3.05) is 13.2 Å². The number of rotatable bonds is 14. The molecule has 0 saturated heterocycles. The van der Waals surface area contributed by atoms with Crippen molar-refractivity contribution in [1.29, 1.82) is 0 Å². The SMILES string of the molecule is CCC(C)C(NC(=O)C(CCCN=C(N)N)NC(=O)C(C)N)C(=O)NC(CO)C(=O)O. The normalized spacial score (nSPS) is 15.5. The summed E-state index contributed by atoms with van der Waals surface area (Å²) < 4.78 is 0. The summed E-state index contributed by atoms with van der Waals surface area (Å²) in [7, 11) is 0. The topological polar surface area (TPSA) is 235 Å². The molecule has 3 amide bonds. The van der Waals surface area contributed by atoms with Gasteiger partial charge in [0.05, 0.1) is 12.6 Å². The van der Waals surface area contributed by atoms with Crippen molar-refractivity contribution >= 4 is 29.7 Å². The second-order valence-electron chi connectivity index (χ2n) is 7.25. The lowest BCUT2D eigenvalue weighted by Crippen LogP contribution is -2.58. The fraction of sp³-hybridized carbons (Fsp3) is 0.722. The van der Waals surface area contributed by atoms with Gasteiger partial charge in [0.15, 0.2) is 5.96 Å². The maximum Gasteiger partial charge on any atom is 0.328 e. The highest BCUT2D eigenvalue weighted by molar-refractivity contribution is 5.94. The Morgan fingerprint density at radius 3 is 2.00 bits per heavy atom. The van der Waals surface area contributed by atoms with Crippen LogP contribution < -0.4 is 33.2 Å². The molecule has 0 bridgehead atoms. The van der Waals surface area contributed by atoms with E-state index in [4.69, 9.17) is 27.4 Å². The van der Waals surface area contributed by atoms with Gasteiger partial charge in [0.2, 0.25) is 17.7 Å². The van der Waals surface area contributed by atoms with E-state index in [0.717, 1.165) is 0 Å². The largest absolute Gasteiger partial charge is 0.480 e. The molecule has 0 aromatic rings. The highest BCUT2D eigenvalue weighted by Gasteiger charge is 2.32. The van der Waals surface area contributed by atoms with Gasteiger partial charge in [-0.05, 0) is 25.7 Å². The molecule has 0 aliphatic carbocycles. The van der Waals surface area contributed by atoms with Crippen molar-refractivity contribution in [3.63, 3.8) is 0 Å². The van der Waals surface area contributed by atoms with Crippen LogP contribution in [-0.4, -0.2) is 77.2 Å². The zero-order valence-electron chi connectivity index (χ0n) is 18.1. The zero-order chi connectivity index (χ0) is 24.1. The van der Waals surface area contributed by atoms with Gasteiger partial charge < -0.3 is 43.4 Å². The smallest absolute Gasteiger partial charge is 0.328 e. The first-order valence-electron chi connectivity index (χ1n) is 10.00. The van der Waals surface area contributed by atoms with Crippen molar-refractivity contribution in [2.45, 2.75) is 64.2 Å². The molecule has 0 heterocycles. The number of nitrogens with two attached hydrogens (primary N) is 3. The van der Waals surface area contributed by atoms with E-state index in [0.29, 0.717) is 12.8 Å². The van der Waals surface area contributed by atoms with Gasteiger partial charge in [-0.2, -0.15) is 0 Å².